The molecule has 1 aliphatic rings. The van der Waals surface area contributed by atoms with Gasteiger partial charge in [0, 0.05) is 39.4 Å². The molecule has 3 aromatic rings. The van der Waals surface area contributed by atoms with Gasteiger partial charge in [-0.25, -0.2) is 0 Å². The third-order valence-electron chi connectivity index (χ3n) is 4.97. The Bertz CT molecular complexity index is 922. The first kappa shape index (κ1) is 18.7. The molecule has 1 aliphatic heterocycles. The van der Waals surface area contributed by atoms with E-state index >= 15 is 0 Å². The number of fused-ring (bicyclic) bond motifs is 1. The van der Waals surface area contributed by atoms with Gasteiger partial charge < -0.3 is 20.1 Å². The third-order valence-corrected chi connectivity index (χ3v) is 6.43. The van der Waals surface area contributed by atoms with Crippen molar-refractivity contribution < 1.29 is 20.1 Å². The van der Waals surface area contributed by atoms with Crippen LogP contribution in [0.15, 0.2) is 42.5 Å². The number of thiophene rings is 1. The van der Waals surface area contributed by atoms with Crippen molar-refractivity contribution in [1.29, 1.82) is 0 Å². The molecule has 0 saturated carbocycles. The van der Waals surface area contributed by atoms with E-state index in [1.807, 2.05) is 18.2 Å². The summed E-state index contributed by atoms with van der Waals surface area (Å²) in [6, 6.07) is 13.8. The van der Waals surface area contributed by atoms with Crippen molar-refractivity contribution >= 4 is 33.0 Å². The van der Waals surface area contributed by atoms with E-state index < -0.39 is 18.3 Å². The van der Waals surface area contributed by atoms with E-state index in [0.29, 0.717) is 29.8 Å². The lowest BCUT2D eigenvalue weighted by atomic mass is 9.94. The molecule has 0 bridgehead atoms. The Hall–Kier alpha value is -1.63. The van der Waals surface area contributed by atoms with Crippen LogP contribution in [0.2, 0.25) is 5.02 Å². The molecule has 0 amide bonds. The van der Waals surface area contributed by atoms with Crippen LogP contribution >= 0.6 is 22.9 Å². The van der Waals surface area contributed by atoms with Crippen LogP contribution in [0.5, 0.6) is 5.75 Å². The normalized spacial score (nSPS) is 23.0. The molecule has 2 heterocycles. The lowest BCUT2D eigenvalue weighted by molar-refractivity contribution is -0.114. The molecule has 3 atom stereocenters. The Morgan fingerprint density at radius 1 is 1.15 bits per heavy atom. The van der Waals surface area contributed by atoms with Gasteiger partial charge in [-0.2, -0.15) is 0 Å². The van der Waals surface area contributed by atoms with E-state index in [0.717, 1.165) is 5.56 Å². The van der Waals surface area contributed by atoms with Gasteiger partial charge in [0.25, 0.3) is 0 Å². The molecule has 4 rings (SSSR count). The van der Waals surface area contributed by atoms with E-state index in [2.05, 4.69) is 18.2 Å². The zero-order valence-electron chi connectivity index (χ0n) is 14.6. The molecule has 2 aromatic carbocycles. The quantitative estimate of drug-likeness (QED) is 0.601. The van der Waals surface area contributed by atoms with E-state index in [1.54, 1.807) is 11.3 Å². The number of rotatable bonds is 4. The van der Waals surface area contributed by atoms with Crippen molar-refractivity contribution in [2.75, 3.05) is 6.61 Å². The molecule has 142 valence electrons. The van der Waals surface area contributed by atoms with Crippen LogP contribution in [-0.4, -0.2) is 34.1 Å². The van der Waals surface area contributed by atoms with E-state index in [9.17, 15) is 15.3 Å². The van der Waals surface area contributed by atoms with Gasteiger partial charge in [0.1, 0.15) is 5.75 Å². The summed E-state index contributed by atoms with van der Waals surface area (Å²) in [5.41, 5.74) is 1.51. The zero-order valence-corrected chi connectivity index (χ0v) is 16.2. The highest BCUT2D eigenvalue weighted by Gasteiger charge is 2.31. The van der Waals surface area contributed by atoms with Crippen LogP contribution in [0.1, 0.15) is 34.9 Å². The van der Waals surface area contributed by atoms with Crippen LogP contribution in [0.4, 0.5) is 0 Å². The van der Waals surface area contributed by atoms with Crippen molar-refractivity contribution in [3.63, 3.8) is 0 Å². The number of halogens is 1. The third kappa shape index (κ3) is 3.98. The lowest BCUT2D eigenvalue weighted by Gasteiger charge is -2.33. The van der Waals surface area contributed by atoms with Gasteiger partial charge in [-0.1, -0.05) is 29.8 Å². The van der Waals surface area contributed by atoms with Gasteiger partial charge in [-0.05, 0) is 35.2 Å². The number of aliphatic hydroxyl groups is 2. The first-order valence-corrected chi connectivity index (χ1v) is 10.2. The fraction of sp³-hybridized carbons (Fsp3) is 0.333. The highest BCUT2D eigenvalue weighted by atomic mass is 35.5. The molecular formula is C21H21ClO4S. The summed E-state index contributed by atoms with van der Waals surface area (Å²) < 4.78 is 7.08. The van der Waals surface area contributed by atoms with Crippen molar-refractivity contribution in [1.82, 2.24) is 0 Å². The maximum atomic E-state index is 10.4. The Morgan fingerprint density at radius 2 is 1.96 bits per heavy atom. The van der Waals surface area contributed by atoms with Gasteiger partial charge >= 0.3 is 0 Å². The SMILES string of the molecule is OC[C@@H]1C[C@H](O)C[C@H](c2cc(Cc3cc4ccccc4s3)c(Cl)cc2O)O1. The molecule has 4 nitrogen and oxygen atoms in total. The number of ether oxygens (including phenoxy) is 1. The molecule has 3 N–H and O–H groups in total. The summed E-state index contributed by atoms with van der Waals surface area (Å²) in [6.07, 6.45) is -0.0278. The minimum atomic E-state index is -0.568. The van der Waals surface area contributed by atoms with Crippen molar-refractivity contribution in [2.24, 2.45) is 0 Å². The number of phenolic OH excluding ortho intramolecular Hbond substituents is 1. The Labute approximate surface area is 166 Å². The highest BCUT2D eigenvalue weighted by molar-refractivity contribution is 7.19. The smallest absolute Gasteiger partial charge is 0.122 e. The van der Waals surface area contributed by atoms with Crippen molar-refractivity contribution in [2.45, 2.75) is 37.6 Å². The second-order valence-electron chi connectivity index (χ2n) is 6.98. The molecule has 0 spiro atoms. The Morgan fingerprint density at radius 3 is 2.74 bits per heavy atom. The summed E-state index contributed by atoms with van der Waals surface area (Å²) in [5, 5.41) is 31.6. The largest absolute Gasteiger partial charge is 0.508 e. The van der Waals surface area contributed by atoms with Gasteiger partial charge in [-0.15, -0.1) is 11.3 Å². The second kappa shape index (κ2) is 7.78. The minimum absolute atomic E-state index is 0.0517. The zero-order chi connectivity index (χ0) is 19.0. The molecule has 0 unspecified atom stereocenters. The van der Waals surface area contributed by atoms with Gasteiger partial charge in [0.05, 0.1) is 24.9 Å². The van der Waals surface area contributed by atoms with Crippen LogP contribution < -0.4 is 0 Å². The van der Waals surface area contributed by atoms with E-state index in [-0.39, 0.29) is 12.4 Å². The number of aromatic hydroxyl groups is 1. The highest BCUT2D eigenvalue weighted by Crippen LogP contribution is 2.39. The number of phenols is 1. The molecule has 1 aromatic heterocycles. The summed E-state index contributed by atoms with van der Waals surface area (Å²) >= 11 is 8.11. The molecule has 1 saturated heterocycles. The lowest BCUT2D eigenvalue weighted by Crippen LogP contribution is -2.33. The molecule has 6 heteroatoms. The topological polar surface area (TPSA) is 69.9 Å². The first-order chi connectivity index (χ1) is 13.0. The summed E-state index contributed by atoms with van der Waals surface area (Å²) in [7, 11) is 0. The maximum Gasteiger partial charge on any atom is 0.122 e. The number of benzene rings is 2. The Balaban J connectivity index is 1.64. The number of hydrogen-bond acceptors (Lipinski definition) is 5. The fourth-order valence-electron chi connectivity index (χ4n) is 3.64. The van der Waals surface area contributed by atoms with Gasteiger partial charge in [0.15, 0.2) is 0 Å². The van der Waals surface area contributed by atoms with Crippen molar-refractivity contribution in [3.8, 4) is 5.75 Å². The molecule has 27 heavy (non-hydrogen) atoms. The predicted octanol–water partition coefficient (Wildman–Crippen LogP) is 4.42. The molecule has 0 aliphatic carbocycles. The number of aliphatic hydroxyl groups excluding tert-OH is 2. The number of hydrogen-bond donors (Lipinski definition) is 3. The van der Waals surface area contributed by atoms with E-state index in [1.165, 1.54) is 21.0 Å². The fourth-order valence-corrected chi connectivity index (χ4v) is 4.95. The average molecular weight is 405 g/mol. The van der Waals surface area contributed by atoms with Crippen molar-refractivity contribution in [3.05, 3.63) is 63.5 Å². The predicted molar refractivity (Wildman–Crippen MR) is 108 cm³/mol. The molecule has 0 radical (unpaired) electrons. The Kier molecular flexibility index (Phi) is 5.39. The summed E-state index contributed by atoms with van der Waals surface area (Å²) in [5.74, 6) is 0.0517. The van der Waals surface area contributed by atoms with Gasteiger partial charge in [0.2, 0.25) is 0 Å². The van der Waals surface area contributed by atoms with Gasteiger partial charge in [-0.3, -0.25) is 0 Å². The van der Waals surface area contributed by atoms with Crippen LogP contribution in [-0.2, 0) is 11.2 Å². The molecule has 1 fully saturated rings. The average Bonchev–Trinajstić information content (AvgIpc) is 3.05. The van der Waals surface area contributed by atoms with E-state index in [4.69, 9.17) is 16.3 Å². The monoisotopic (exact) mass is 404 g/mol. The molecular weight excluding hydrogens is 384 g/mol. The standard InChI is InChI=1S/C21H21ClO4S/c22-18-10-19(25)17(20-9-14(24)8-15(11-23)26-20)7-13(18)6-16-5-12-3-1-2-4-21(12)27-16/h1-5,7,10,14-15,20,23-25H,6,8-9,11H2/t14-,15-,20+/m0/s1. The minimum Gasteiger partial charge on any atom is -0.508 e. The summed E-state index contributed by atoms with van der Waals surface area (Å²) in [6.45, 7) is -0.156. The summed E-state index contributed by atoms with van der Waals surface area (Å²) in [4.78, 5) is 1.19. The maximum absolute atomic E-state index is 10.4. The van der Waals surface area contributed by atoms with Crippen LogP contribution in [0.25, 0.3) is 10.1 Å². The first-order valence-electron chi connectivity index (χ1n) is 8.96. The second-order valence-corrected chi connectivity index (χ2v) is 8.56. The van der Waals surface area contributed by atoms with Crippen LogP contribution in [0.3, 0.4) is 0 Å². The van der Waals surface area contributed by atoms with Crippen LogP contribution in [0, 0.1) is 0 Å².